The van der Waals surface area contributed by atoms with Gasteiger partial charge in [-0.2, -0.15) is 0 Å². The van der Waals surface area contributed by atoms with Gasteiger partial charge in [-0.3, -0.25) is 4.99 Å². The van der Waals surface area contributed by atoms with Crippen LogP contribution in [0.2, 0.25) is 0 Å². The van der Waals surface area contributed by atoms with Crippen molar-refractivity contribution in [1.82, 2.24) is 0 Å². The Morgan fingerprint density at radius 1 is 1.20 bits per heavy atom. The van der Waals surface area contributed by atoms with Crippen molar-refractivity contribution in [2.75, 3.05) is 11.9 Å². The molecule has 0 fully saturated rings. The highest BCUT2D eigenvalue weighted by molar-refractivity contribution is 6.13. The summed E-state index contributed by atoms with van der Waals surface area (Å²) in [7, 11) is 2.09. The van der Waals surface area contributed by atoms with Crippen molar-refractivity contribution in [2.45, 2.75) is 26.3 Å². The average molecular weight is 202 g/mol. The number of anilines is 1. The number of nitrogens with zero attached hydrogens (tertiary/aromatic N) is 2. The summed E-state index contributed by atoms with van der Waals surface area (Å²) in [5.74, 6) is 1.77. The van der Waals surface area contributed by atoms with E-state index >= 15 is 0 Å². The van der Waals surface area contributed by atoms with Crippen LogP contribution in [-0.2, 0) is 0 Å². The molecule has 1 aliphatic heterocycles. The number of hydrogen-bond acceptors (Lipinski definition) is 2. The fourth-order valence-electron chi connectivity index (χ4n) is 1.77. The minimum atomic E-state index is 0.0601. The Morgan fingerprint density at radius 2 is 1.80 bits per heavy atom. The van der Waals surface area contributed by atoms with Crippen LogP contribution >= 0.6 is 0 Å². The molecule has 1 unspecified atom stereocenters. The predicted octanol–water partition coefficient (Wildman–Crippen LogP) is 2.95. The van der Waals surface area contributed by atoms with Crippen LogP contribution < -0.4 is 4.90 Å². The van der Waals surface area contributed by atoms with E-state index in [4.69, 9.17) is 0 Å². The van der Waals surface area contributed by atoms with Crippen LogP contribution in [0.4, 0.5) is 5.69 Å². The van der Waals surface area contributed by atoms with Crippen molar-refractivity contribution in [3.63, 3.8) is 0 Å². The van der Waals surface area contributed by atoms with Gasteiger partial charge in [0, 0.05) is 12.7 Å². The topological polar surface area (TPSA) is 15.6 Å². The zero-order chi connectivity index (χ0) is 11.1. The molecule has 0 saturated heterocycles. The standard InChI is InChI=1S/C13H18N2/c1-10(2)13(3)12(14-13)15(4)11-8-6-5-7-9-11/h5-10H,1-4H3. The minimum Gasteiger partial charge on any atom is -0.331 e. The maximum Gasteiger partial charge on any atom is 0.132 e. The first kappa shape index (κ1) is 10.2. The molecule has 1 aliphatic rings. The van der Waals surface area contributed by atoms with E-state index in [1.165, 1.54) is 11.5 Å². The summed E-state index contributed by atoms with van der Waals surface area (Å²) in [5.41, 5.74) is 1.27. The SMILES string of the molecule is CC(C)C1(C)N=C1N(C)c1ccccc1. The van der Waals surface area contributed by atoms with Crippen LogP contribution in [0.1, 0.15) is 20.8 Å². The number of likely N-dealkylation sites (N-methyl/N-ethyl adjacent to an activating group) is 1. The first-order chi connectivity index (χ1) is 7.05. The molecule has 15 heavy (non-hydrogen) atoms. The molecule has 0 aliphatic carbocycles. The minimum absolute atomic E-state index is 0.0601. The Bertz CT molecular complexity index is 381. The molecule has 0 N–H and O–H groups in total. The van der Waals surface area contributed by atoms with E-state index in [0.717, 1.165) is 0 Å². The molecular formula is C13H18N2. The maximum atomic E-state index is 4.61. The maximum absolute atomic E-state index is 4.61. The summed E-state index contributed by atoms with van der Waals surface area (Å²) in [6, 6.07) is 10.4. The highest BCUT2D eigenvalue weighted by Gasteiger charge is 2.47. The largest absolute Gasteiger partial charge is 0.331 e. The molecule has 0 radical (unpaired) electrons. The first-order valence-electron chi connectivity index (χ1n) is 5.45. The lowest BCUT2D eigenvalue weighted by Gasteiger charge is -2.20. The van der Waals surface area contributed by atoms with Crippen molar-refractivity contribution in [3.8, 4) is 0 Å². The summed E-state index contributed by atoms with van der Waals surface area (Å²) in [6.45, 7) is 6.64. The Hall–Kier alpha value is -1.31. The van der Waals surface area contributed by atoms with E-state index in [0.29, 0.717) is 5.92 Å². The molecule has 0 saturated carbocycles. The van der Waals surface area contributed by atoms with Gasteiger partial charge in [0.1, 0.15) is 11.4 Å². The Morgan fingerprint density at radius 3 is 2.27 bits per heavy atom. The molecule has 0 bridgehead atoms. The van der Waals surface area contributed by atoms with Crippen LogP contribution in [0.3, 0.4) is 0 Å². The molecule has 2 rings (SSSR count). The highest BCUT2D eigenvalue weighted by atomic mass is 15.3. The van der Waals surface area contributed by atoms with Crippen LogP contribution in [0.15, 0.2) is 35.3 Å². The van der Waals surface area contributed by atoms with Crippen molar-refractivity contribution >= 4 is 11.5 Å². The van der Waals surface area contributed by atoms with Crippen molar-refractivity contribution < 1.29 is 0 Å². The van der Waals surface area contributed by atoms with Crippen molar-refractivity contribution in [2.24, 2.45) is 10.9 Å². The smallest absolute Gasteiger partial charge is 0.132 e. The molecule has 1 heterocycles. The second-order valence-corrected chi connectivity index (χ2v) is 4.63. The number of aliphatic imine (C=N–C) groups is 1. The van der Waals surface area contributed by atoms with Crippen LogP contribution in [-0.4, -0.2) is 18.4 Å². The second kappa shape index (κ2) is 3.37. The van der Waals surface area contributed by atoms with Crippen LogP contribution in [0.25, 0.3) is 0 Å². The van der Waals surface area contributed by atoms with Crippen LogP contribution in [0.5, 0.6) is 0 Å². The van der Waals surface area contributed by atoms with Gasteiger partial charge in [-0.1, -0.05) is 32.0 Å². The number of benzene rings is 1. The zero-order valence-electron chi connectivity index (χ0n) is 9.86. The van der Waals surface area contributed by atoms with Crippen LogP contribution in [0, 0.1) is 5.92 Å². The second-order valence-electron chi connectivity index (χ2n) is 4.63. The molecule has 2 nitrogen and oxygen atoms in total. The highest BCUT2D eigenvalue weighted by Crippen LogP contribution is 2.37. The molecule has 1 aromatic carbocycles. The monoisotopic (exact) mass is 202 g/mol. The summed E-state index contributed by atoms with van der Waals surface area (Å²) in [4.78, 5) is 6.79. The van der Waals surface area contributed by atoms with E-state index in [-0.39, 0.29) is 5.54 Å². The molecule has 0 spiro atoms. The molecule has 2 heteroatoms. The summed E-state index contributed by atoms with van der Waals surface area (Å²) >= 11 is 0. The molecule has 80 valence electrons. The lowest BCUT2D eigenvalue weighted by atomic mass is 9.94. The van der Waals surface area contributed by atoms with E-state index in [1.807, 2.05) is 6.07 Å². The number of amidine groups is 1. The van der Waals surface area contributed by atoms with Gasteiger partial charge in [-0.25, -0.2) is 0 Å². The Balaban J connectivity index is 2.13. The zero-order valence-corrected chi connectivity index (χ0v) is 9.86. The number of hydrogen-bond donors (Lipinski definition) is 0. The Kier molecular flexibility index (Phi) is 2.29. The third kappa shape index (κ3) is 1.65. The summed E-state index contributed by atoms with van der Waals surface area (Å²) in [6.07, 6.45) is 0. The fourth-order valence-corrected chi connectivity index (χ4v) is 1.77. The van der Waals surface area contributed by atoms with Gasteiger partial charge in [-0.15, -0.1) is 0 Å². The van der Waals surface area contributed by atoms with Gasteiger partial charge in [0.2, 0.25) is 0 Å². The lowest BCUT2D eigenvalue weighted by molar-refractivity contribution is 0.511. The van der Waals surface area contributed by atoms with E-state index < -0.39 is 0 Å². The van der Waals surface area contributed by atoms with Gasteiger partial charge in [0.15, 0.2) is 0 Å². The van der Waals surface area contributed by atoms with Gasteiger partial charge in [0.05, 0.1) is 0 Å². The lowest BCUT2D eigenvalue weighted by Crippen LogP contribution is -2.32. The van der Waals surface area contributed by atoms with E-state index in [1.54, 1.807) is 0 Å². The average Bonchev–Trinajstić information content (AvgIpc) is 2.93. The Labute approximate surface area is 91.6 Å². The van der Waals surface area contributed by atoms with Crippen molar-refractivity contribution in [3.05, 3.63) is 30.3 Å². The normalized spacial score (nSPS) is 23.9. The number of rotatable bonds is 2. The van der Waals surface area contributed by atoms with E-state index in [9.17, 15) is 0 Å². The van der Waals surface area contributed by atoms with E-state index in [2.05, 4.69) is 62.0 Å². The summed E-state index contributed by atoms with van der Waals surface area (Å²) < 4.78 is 0. The molecular weight excluding hydrogens is 184 g/mol. The fraction of sp³-hybridized carbons (Fsp3) is 0.462. The predicted molar refractivity (Wildman–Crippen MR) is 65.5 cm³/mol. The van der Waals surface area contributed by atoms with Gasteiger partial charge >= 0.3 is 0 Å². The number of para-hydroxylation sites is 1. The summed E-state index contributed by atoms with van der Waals surface area (Å²) in [5, 5.41) is 0. The first-order valence-corrected chi connectivity index (χ1v) is 5.45. The van der Waals surface area contributed by atoms with Gasteiger partial charge in [-0.05, 0) is 25.0 Å². The third-order valence-electron chi connectivity index (χ3n) is 3.33. The molecule has 1 aromatic rings. The van der Waals surface area contributed by atoms with Crippen molar-refractivity contribution in [1.29, 1.82) is 0 Å². The molecule has 0 amide bonds. The molecule has 0 aromatic heterocycles. The molecule has 1 atom stereocenters. The van der Waals surface area contributed by atoms with Gasteiger partial charge in [0.25, 0.3) is 0 Å². The quantitative estimate of drug-likeness (QED) is 0.720. The third-order valence-corrected chi connectivity index (χ3v) is 3.33. The van der Waals surface area contributed by atoms with Gasteiger partial charge < -0.3 is 4.90 Å².